The van der Waals surface area contributed by atoms with Gasteiger partial charge in [0.2, 0.25) is 0 Å². The zero-order valence-corrected chi connectivity index (χ0v) is 9.92. The molecule has 1 N–H and O–H groups in total. The Hall–Kier alpha value is -0.340. The van der Waals surface area contributed by atoms with Crippen molar-refractivity contribution in [2.24, 2.45) is 5.92 Å². The Morgan fingerprint density at radius 3 is 2.43 bits per heavy atom. The van der Waals surface area contributed by atoms with Crippen LogP contribution in [0, 0.1) is 5.92 Å². The van der Waals surface area contributed by atoms with Crippen molar-refractivity contribution in [3.8, 4) is 0 Å². The normalized spacial score (nSPS) is 14.9. The van der Waals surface area contributed by atoms with Crippen molar-refractivity contribution >= 4 is 0 Å². The van der Waals surface area contributed by atoms with Crippen molar-refractivity contribution in [2.75, 3.05) is 13.7 Å². The number of hydrogen-bond acceptors (Lipinski definition) is 2. The summed E-state index contributed by atoms with van der Waals surface area (Å²) >= 11 is 0. The molecule has 0 fully saturated rings. The van der Waals surface area contributed by atoms with E-state index in [0.29, 0.717) is 6.10 Å². The second-order valence-corrected chi connectivity index (χ2v) is 4.27. The lowest BCUT2D eigenvalue weighted by atomic mass is 10.0. The maximum atomic E-state index is 8.83. The summed E-state index contributed by atoms with van der Waals surface area (Å²) < 4.78 is 5.37. The molecule has 0 aliphatic heterocycles. The summed E-state index contributed by atoms with van der Waals surface area (Å²) in [6.07, 6.45) is 5.58. The van der Waals surface area contributed by atoms with Gasteiger partial charge in [-0.1, -0.05) is 25.5 Å². The topological polar surface area (TPSA) is 29.5 Å². The van der Waals surface area contributed by atoms with Gasteiger partial charge in [0.25, 0.3) is 0 Å². The van der Waals surface area contributed by atoms with E-state index in [1.165, 1.54) is 6.42 Å². The van der Waals surface area contributed by atoms with Crippen molar-refractivity contribution in [3.63, 3.8) is 0 Å². The summed E-state index contributed by atoms with van der Waals surface area (Å²) in [6.45, 7) is 6.54. The van der Waals surface area contributed by atoms with Crippen LogP contribution in [0.1, 0.15) is 40.0 Å². The highest BCUT2D eigenvalue weighted by molar-refractivity contribution is 4.98. The molecule has 0 aromatic carbocycles. The van der Waals surface area contributed by atoms with E-state index < -0.39 is 0 Å². The lowest BCUT2D eigenvalue weighted by Gasteiger charge is -2.14. The first-order valence-corrected chi connectivity index (χ1v) is 5.39. The molecule has 0 rings (SSSR count). The molecule has 1 unspecified atom stereocenters. The zero-order chi connectivity index (χ0) is 11.0. The van der Waals surface area contributed by atoms with E-state index in [2.05, 4.69) is 19.9 Å². The largest absolute Gasteiger partial charge is 0.392 e. The highest BCUT2D eigenvalue weighted by atomic mass is 16.5. The summed E-state index contributed by atoms with van der Waals surface area (Å²) in [5.41, 5.74) is 1.02. The molecule has 0 spiro atoms. The standard InChI is InChI=1S/C12H24O2/c1-10(2)5-7-12(14-4)8-6-11(3)9-13/h6,10,12-13H,5,7-9H2,1-4H3. The first kappa shape index (κ1) is 13.7. The third kappa shape index (κ3) is 7.10. The van der Waals surface area contributed by atoms with E-state index in [9.17, 15) is 0 Å². The maximum absolute atomic E-state index is 8.83. The quantitative estimate of drug-likeness (QED) is 0.640. The highest BCUT2D eigenvalue weighted by Crippen LogP contribution is 2.12. The van der Waals surface area contributed by atoms with Crippen molar-refractivity contribution in [1.29, 1.82) is 0 Å². The molecule has 0 aliphatic rings. The fourth-order valence-corrected chi connectivity index (χ4v) is 1.25. The van der Waals surface area contributed by atoms with Crippen LogP contribution in [0.3, 0.4) is 0 Å². The minimum Gasteiger partial charge on any atom is -0.392 e. The molecule has 0 heterocycles. The minimum atomic E-state index is 0.153. The minimum absolute atomic E-state index is 0.153. The molecule has 1 atom stereocenters. The fourth-order valence-electron chi connectivity index (χ4n) is 1.25. The second kappa shape index (κ2) is 8.01. The van der Waals surface area contributed by atoms with Crippen LogP contribution in [0.25, 0.3) is 0 Å². The Kier molecular flexibility index (Phi) is 7.81. The van der Waals surface area contributed by atoms with Crippen molar-refractivity contribution in [3.05, 3.63) is 11.6 Å². The van der Waals surface area contributed by atoms with E-state index in [1.54, 1.807) is 7.11 Å². The Labute approximate surface area is 88.0 Å². The maximum Gasteiger partial charge on any atom is 0.0639 e. The van der Waals surface area contributed by atoms with Gasteiger partial charge in [-0.3, -0.25) is 0 Å². The first-order chi connectivity index (χ1) is 6.60. The molecule has 0 aliphatic carbocycles. The molecule has 84 valence electrons. The molecular weight excluding hydrogens is 176 g/mol. The Balaban J connectivity index is 3.79. The van der Waals surface area contributed by atoms with Crippen LogP contribution in [-0.2, 0) is 4.74 Å². The first-order valence-electron chi connectivity index (χ1n) is 5.39. The molecule has 0 aromatic rings. The second-order valence-electron chi connectivity index (χ2n) is 4.27. The van der Waals surface area contributed by atoms with Crippen LogP contribution < -0.4 is 0 Å². The smallest absolute Gasteiger partial charge is 0.0639 e. The molecule has 0 bridgehead atoms. The highest BCUT2D eigenvalue weighted by Gasteiger charge is 2.06. The third-order valence-corrected chi connectivity index (χ3v) is 2.38. The molecular formula is C12H24O2. The lowest BCUT2D eigenvalue weighted by Crippen LogP contribution is -2.10. The number of aliphatic hydroxyl groups is 1. The molecule has 0 saturated carbocycles. The van der Waals surface area contributed by atoms with E-state index in [1.807, 2.05) is 6.92 Å². The number of aliphatic hydroxyl groups excluding tert-OH is 1. The Bertz CT molecular complexity index is 162. The third-order valence-electron chi connectivity index (χ3n) is 2.38. The average molecular weight is 200 g/mol. The predicted molar refractivity (Wildman–Crippen MR) is 60.3 cm³/mol. The molecule has 14 heavy (non-hydrogen) atoms. The van der Waals surface area contributed by atoms with Crippen LogP contribution in [0.15, 0.2) is 11.6 Å². The van der Waals surface area contributed by atoms with Gasteiger partial charge in [-0.2, -0.15) is 0 Å². The number of rotatable bonds is 7. The van der Waals surface area contributed by atoms with Gasteiger partial charge in [-0.25, -0.2) is 0 Å². The summed E-state index contributed by atoms with van der Waals surface area (Å²) in [6, 6.07) is 0. The van der Waals surface area contributed by atoms with Gasteiger partial charge in [0.05, 0.1) is 12.7 Å². The van der Waals surface area contributed by atoms with Crippen molar-refractivity contribution in [1.82, 2.24) is 0 Å². The van der Waals surface area contributed by atoms with Gasteiger partial charge < -0.3 is 9.84 Å². The summed E-state index contributed by atoms with van der Waals surface area (Å²) in [4.78, 5) is 0. The van der Waals surface area contributed by atoms with E-state index in [4.69, 9.17) is 9.84 Å². The summed E-state index contributed by atoms with van der Waals surface area (Å²) in [7, 11) is 1.76. The molecule has 0 radical (unpaired) electrons. The van der Waals surface area contributed by atoms with E-state index in [0.717, 1.165) is 24.3 Å². The van der Waals surface area contributed by atoms with Crippen LogP contribution >= 0.6 is 0 Å². The average Bonchev–Trinajstić information content (AvgIpc) is 2.17. The van der Waals surface area contributed by atoms with Gasteiger partial charge in [-0.05, 0) is 32.1 Å². The monoisotopic (exact) mass is 200 g/mol. The van der Waals surface area contributed by atoms with Crippen LogP contribution in [-0.4, -0.2) is 24.9 Å². The number of ether oxygens (including phenoxy) is 1. The predicted octanol–water partition coefficient (Wildman–Crippen LogP) is 2.77. The van der Waals surface area contributed by atoms with Crippen molar-refractivity contribution in [2.45, 2.75) is 46.1 Å². The number of hydrogen-bond donors (Lipinski definition) is 1. The van der Waals surface area contributed by atoms with Crippen LogP contribution in [0.5, 0.6) is 0 Å². The summed E-state index contributed by atoms with van der Waals surface area (Å²) in [5.74, 6) is 0.732. The Morgan fingerprint density at radius 2 is 2.00 bits per heavy atom. The number of methoxy groups -OCH3 is 1. The zero-order valence-electron chi connectivity index (χ0n) is 9.92. The van der Waals surface area contributed by atoms with Crippen LogP contribution in [0.2, 0.25) is 0 Å². The molecule has 2 nitrogen and oxygen atoms in total. The van der Waals surface area contributed by atoms with Gasteiger partial charge in [0.1, 0.15) is 0 Å². The molecule has 0 aromatic heterocycles. The lowest BCUT2D eigenvalue weighted by molar-refractivity contribution is 0.0925. The molecule has 2 heteroatoms. The van der Waals surface area contributed by atoms with Gasteiger partial charge in [0.15, 0.2) is 0 Å². The fraction of sp³-hybridized carbons (Fsp3) is 0.833. The van der Waals surface area contributed by atoms with Crippen LogP contribution in [0.4, 0.5) is 0 Å². The Morgan fingerprint density at radius 1 is 1.36 bits per heavy atom. The van der Waals surface area contributed by atoms with Gasteiger partial charge >= 0.3 is 0 Å². The van der Waals surface area contributed by atoms with Gasteiger partial charge in [-0.15, -0.1) is 0 Å². The van der Waals surface area contributed by atoms with Gasteiger partial charge in [0, 0.05) is 7.11 Å². The molecule has 0 saturated heterocycles. The van der Waals surface area contributed by atoms with E-state index in [-0.39, 0.29) is 6.61 Å². The SMILES string of the molecule is COC(CC=C(C)CO)CCC(C)C. The van der Waals surface area contributed by atoms with Crippen molar-refractivity contribution < 1.29 is 9.84 Å². The molecule has 0 amide bonds. The summed E-state index contributed by atoms with van der Waals surface area (Å²) in [5, 5.41) is 8.83. The van der Waals surface area contributed by atoms with E-state index >= 15 is 0 Å².